The number of rotatable bonds is 6. The first-order chi connectivity index (χ1) is 15.7. The maximum absolute atomic E-state index is 13.1. The van der Waals surface area contributed by atoms with Gasteiger partial charge in [0.15, 0.2) is 9.84 Å². The van der Waals surface area contributed by atoms with Crippen LogP contribution in [0, 0.1) is 0 Å². The molecule has 0 spiro atoms. The van der Waals surface area contributed by atoms with Gasteiger partial charge in [0.1, 0.15) is 0 Å². The Kier molecular flexibility index (Phi) is 6.35. The molecular weight excluding hydrogens is 458 g/mol. The number of aromatic nitrogens is 2. The van der Waals surface area contributed by atoms with Crippen LogP contribution in [0.3, 0.4) is 0 Å². The average molecular weight is 480 g/mol. The minimum atomic E-state index is -3.41. The Morgan fingerprint density at radius 1 is 1.00 bits per heavy atom. The monoisotopic (exact) mass is 479 g/mol. The number of benzene rings is 3. The van der Waals surface area contributed by atoms with Crippen molar-refractivity contribution in [1.29, 1.82) is 0 Å². The molecular formula is C25H22ClN3O3S. The lowest BCUT2D eigenvalue weighted by atomic mass is 10.1. The Morgan fingerprint density at radius 3 is 2.36 bits per heavy atom. The summed E-state index contributed by atoms with van der Waals surface area (Å²) in [7, 11) is -1.73. The number of nitrogens with zero attached hydrogens (tertiary/aromatic N) is 3. The minimum Gasteiger partial charge on any atom is -0.337 e. The molecule has 0 N–H and O–H groups in total. The number of halogens is 1. The van der Waals surface area contributed by atoms with Crippen molar-refractivity contribution in [3.05, 3.63) is 101 Å². The molecule has 168 valence electrons. The molecule has 0 atom stereocenters. The van der Waals surface area contributed by atoms with E-state index in [2.05, 4.69) is 0 Å². The molecule has 0 aliphatic rings. The maximum Gasteiger partial charge on any atom is 0.253 e. The summed E-state index contributed by atoms with van der Waals surface area (Å²) in [6, 6.07) is 23.2. The van der Waals surface area contributed by atoms with Gasteiger partial charge in [-0.05, 0) is 42.5 Å². The van der Waals surface area contributed by atoms with E-state index < -0.39 is 9.84 Å². The molecule has 6 nitrogen and oxygen atoms in total. The van der Waals surface area contributed by atoms with E-state index in [1.165, 1.54) is 12.1 Å². The standard InChI is InChI=1S/C25H22ClN3O3S/c1-28(25(30)19-7-6-10-23(15-19)33(2,31)32)16-20-17-29(22-8-4-3-5-9-22)27-24(20)18-11-13-21(26)14-12-18/h3-15,17H,16H2,1-2H3. The largest absolute Gasteiger partial charge is 0.337 e. The van der Waals surface area contributed by atoms with E-state index in [0.717, 1.165) is 28.8 Å². The second-order valence-corrected chi connectivity index (χ2v) is 10.2. The van der Waals surface area contributed by atoms with Gasteiger partial charge in [0.2, 0.25) is 0 Å². The first kappa shape index (κ1) is 22.8. The predicted octanol–water partition coefficient (Wildman–Crippen LogP) is 4.87. The molecule has 0 aliphatic heterocycles. The fourth-order valence-corrected chi connectivity index (χ4v) is 4.29. The fourth-order valence-electron chi connectivity index (χ4n) is 3.50. The molecule has 0 radical (unpaired) electrons. The average Bonchev–Trinajstić information content (AvgIpc) is 3.23. The molecule has 1 amide bonds. The predicted molar refractivity (Wildman–Crippen MR) is 129 cm³/mol. The van der Waals surface area contributed by atoms with Crippen molar-refractivity contribution in [2.75, 3.05) is 13.3 Å². The van der Waals surface area contributed by atoms with Crippen LogP contribution in [-0.2, 0) is 16.4 Å². The quantitative estimate of drug-likeness (QED) is 0.395. The Hall–Kier alpha value is -3.42. The van der Waals surface area contributed by atoms with Gasteiger partial charge < -0.3 is 4.90 Å². The van der Waals surface area contributed by atoms with E-state index in [0.29, 0.717) is 10.6 Å². The van der Waals surface area contributed by atoms with Crippen molar-refractivity contribution in [2.45, 2.75) is 11.4 Å². The van der Waals surface area contributed by atoms with Gasteiger partial charge >= 0.3 is 0 Å². The third-order valence-corrected chi connectivity index (χ3v) is 6.55. The summed E-state index contributed by atoms with van der Waals surface area (Å²) in [4.78, 5) is 14.7. The van der Waals surface area contributed by atoms with Crippen LogP contribution in [0.2, 0.25) is 5.02 Å². The SMILES string of the molecule is CN(Cc1cn(-c2ccccc2)nc1-c1ccc(Cl)cc1)C(=O)c1cccc(S(C)(=O)=O)c1. The number of hydrogen-bond donors (Lipinski definition) is 0. The highest BCUT2D eigenvalue weighted by Gasteiger charge is 2.19. The number of carbonyl (C=O) groups is 1. The molecule has 1 heterocycles. The molecule has 1 aromatic heterocycles. The van der Waals surface area contributed by atoms with Crippen LogP contribution in [-0.4, -0.2) is 42.3 Å². The van der Waals surface area contributed by atoms with Gasteiger partial charge in [0.05, 0.1) is 16.3 Å². The third kappa shape index (κ3) is 5.16. The molecule has 0 saturated carbocycles. The molecule has 4 rings (SSSR count). The van der Waals surface area contributed by atoms with Crippen LogP contribution in [0.5, 0.6) is 0 Å². The van der Waals surface area contributed by atoms with Gasteiger partial charge in [0, 0.05) is 47.8 Å². The van der Waals surface area contributed by atoms with Gasteiger partial charge in [-0.25, -0.2) is 13.1 Å². The lowest BCUT2D eigenvalue weighted by molar-refractivity contribution is 0.0785. The Morgan fingerprint density at radius 2 is 1.70 bits per heavy atom. The van der Waals surface area contributed by atoms with Gasteiger partial charge in [-0.2, -0.15) is 5.10 Å². The van der Waals surface area contributed by atoms with Crippen LogP contribution in [0.15, 0.2) is 90.0 Å². The zero-order valence-corrected chi connectivity index (χ0v) is 19.7. The van der Waals surface area contributed by atoms with Crippen molar-refractivity contribution >= 4 is 27.3 Å². The number of amides is 1. The van der Waals surface area contributed by atoms with E-state index in [9.17, 15) is 13.2 Å². The van der Waals surface area contributed by atoms with Crippen molar-refractivity contribution in [3.8, 4) is 16.9 Å². The number of para-hydroxylation sites is 1. The highest BCUT2D eigenvalue weighted by Crippen LogP contribution is 2.26. The summed E-state index contributed by atoms with van der Waals surface area (Å²) >= 11 is 6.06. The fraction of sp³-hybridized carbons (Fsp3) is 0.120. The topological polar surface area (TPSA) is 72.3 Å². The third-order valence-electron chi connectivity index (χ3n) is 5.19. The molecule has 0 saturated heterocycles. The van der Waals surface area contributed by atoms with E-state index in [4.69, 9.17) is 16.7 Å². The van der Waals surface area contributed by atoms with Crippen LogP contribution >= 0.6 is 11.6 Å². The van der Waals surface area contributed by atoms with Gasteiger partial charge in [-0.1, -0.05) is 48.0 Å². The molecule has 0 bridgehead atoms. The Labute approximate surface area is 198 Å². The molecule has 8 heteroatoms. The molecule has 4 aromatic rings. The summed E-state index contributed by atoms with van der Waals surface area (Å²) in [6.45, 7) is 0.284. The second kappa shape index (κ2) is 9.21. The minimum absolute atomic E-state index is 0.112. The first-order valence-electron chi connectivity index (χ1n) is 10.2. The van der Waals surface area contributed by atoms with Crippen LogP contribution < -0.4 is 0 Å². The molecule has 0 unspecified atom stereocenters. The first-order valence-corrected chi connectivity index (χ1v) is 12.4. The smallest absolute Gasteiger partial charge is 0.253 e. The van der Waals surface area contributed by atoms with Gasteiger partial charge in [-0.3, -0.25) is 4.79 Å². The van der Waals surface area contributed by atoms with Crippen LogP contribution in [0.4, 0.5) is 0 Å². The van der Waals surface area contributed by atoms with Crippen molar-refractivity contribution in [3.63, 3.8) is 0 Å². The normalized spacial score (nSPS) is 11.4. The zero-order chi connectivity index (χ0) is 23.6. The van der Waals surface area contributed by atoms with Crippen LogP contribution in [0.1, 0.15) is 15.9 Å². The lowest BCUT2D eigenvalue weighted by Gasteiger charge is -2.17. The number of hydrogen-bond acceptors (Lipinski definition) is 4. The van der Waals surface area contributed by atoms with Crippen LogP contribution in [0.25, 0.3) is 16.9 Å². The summed E-state index contributed by atoms with van der Waals surface area (Å²) < 4.78 is 25.6. The highest BCUT2D eigenvalue weighted by molar-refractivity contribution is 7.90. The molecule has 33 heavy (non-hydrogen) atoms. The van der Waals surface area contributed by atoms with Gasteiger partial charge in [-0.15, -0.1) is 0 Å². The van der Waals surface area contributed by atoms with Gasteiger partial charge in [0.25, 0.3) is 5.91 Å². The number of carbonyl (C=O) groups excluding carboxylic acids is 1. The molecule has 3 aromatic carbocycles. The Balaban J connectivity index is 1.68. The van der Waals surface area contributed by atoms with E-state index >= 15 is 0 Å². The highest BCUT2D eigenvalue weighted by atomic mass is 35.5. The van der Waals surface area contributed by atoms with E-state index in [-0.39, 0.29) is 17.3 Å². The Bertz CT molecular complexity index is 1400. The van der Waals surface area contributed by atoms with E-state index in [1.807, 2.05) is 48.7 Å². The zero-order valence-electron chi connectivity index (χ0n) is 18.1. The summed E-state index contributed by atoms with van der Waals surface area (Å²) in [5, 5.41) is 5.39. The summed E-state index contributed by atoms with van der Waals surface area (Å²) in [5.41, 5.74) is 3.66. The number of sulfone groups is 1. The second-order valence-electron chi connectivity index (χ2n) is 7.75. The van der Waals surface area contributed by atoms with Crippen molar-refractivity contribution in [2.24, 2.45) is 0 Å². The maximum atomic E-state index is 13.1. The van der Waals surface area contributed by atoms with Crippen molar-refractivity contribution in [1.82, 2.24) is 14.7 Å². The molecule has 0 aliphatic carbocycles. The lowest BCUT2D eigenvalue weighted by Crippen LogP contribution is -2.26. The van der Waals surface area contributed by atoms with E-state index in [1.54, 1.807) is 40.9 Å². The molecule has 0 fully saturated rings. The van der Waals surface area contributed by atoms with Crippen molar-refractivity contribution < 1.29 is 13.2 Å². The summed E-state index contributed by atoms with van der Waals surface area (Å²) in [5.74, 6) is -0.282. The summed E-state index contributed by atoms with van der Waals surface area (Å²) in [6.07, 6.45) is 3.02.